The molecule has 7 nitrogen and oxygen atoms in total. The zero-order valence-electron chi connectivity index (χ0n) is 11.4. The second kappa shape index (κ2) is 6.41. The number of carbonyl (C=O) groups is 1. The number of hydrazone groups is 1. The number of nitrogens with zero attached hydrogens (tertiary/aromatic N) is 5. The van der Waals surface area contributed by atoms with Gasteiger partial charge in [0.15, 0.2) is 5.82 Å². The van der Waals surface area contributed by atoms with E-state index in [4.69, 9.17) is 23.2 Å². The van der Waals surface area contributed by atoms with Gasteiger partial charge >= 0.3 is 0 Å². The van der Waals surface area contributed by atoms with Gasteiger partial charge in [-0.05, 0) is 30.2 Å². The second-order valence-corrected chi connectivity index (χ2v) is 5.70. The van der Waals surface area contributed by atoms with Crippen LogP contribution in [-0.2, 0) is 11.3 Å². The van der Waals surface area contributed by atoms with E-state index in [0.717, 1.165) is 12.8 Å². The van der Waals surface area contributed by atoms with Gasteiger partial charge in [0.05, 0.1) is 16.3 Å². The molecule has 1 amide bonds. The fourth-order valence-electron chi connectivity index (χ4n) is 1.79. The van der Waals surface area contributed by atoms with Gasteiger partial charge in [-0.25, -0.2) is 5.43 Å². The van der Waals surface area contributed by atoms with Crippen LogP contribution in [0.4, 0.5) is 0 Å². The molecule has 2 aromatic rings. The monoisotopic (exact) mass is 338 g/mol. The summed E-state index contributed by atoms with van der Waals surface area (Å²) in [7, 11) is 0. The third-order valence-corrected chi connectivity index (χ3v) is 3.74. The molecule has 0 spiro atoms. The first-order valence-corrected chi connectivity index (χ1v) is 7.42. The smallest absolute Gasteiger partial charge is 0.263 e. The molecule has 22 heavy (non-hydrogen) atoms. The van der Waals surface area contributed by atoms with Crippen molar-refractivity contribution in [1.29, 1.82) is 0 Å². The number of aromatic nitrogens is 4. The molecule has 9 heteroatoms. The molecule has 1 fully saturated rings. The maximum atomic E-state index is 11.7. The molecule has 0 saturated heterocycles. The van der Waals surface area contributed by atoms with Gasteiger partial charge in [-0.1, -0.05) is 29.3 Å². The van der Waals surface area contributed by atoms with Crippen LogP contribution in [0.3, 0.4) is 0 Å². The highest BCUT2D eigenvalue weighted by Crippen LogP contribution is 2.37. The predicted octanol–water partition coefficient (Wildman–Crippen LogP) is 2.01. The van der Waals surface area contributed by atoms with Crippen LogP contribution >= 0.6 is 23.2 Å². The summed E-state index contributed by atoms with van der Waals surface area (Å²) < 4.78 is 0. The van der Waals surface area contributed by atoms with E-state index in [2.05, 4.69) is 25.9 Å². The number of nitrogens with one attached hydrogen (secondary N) is 1. The Morgan fingerprint density at radius 2 is 2.14 bits per heavy atom. The summed E-state index contributed by atoms with van der Waals surface area (Å²) in [5, 5.41) is 16.6. The lowest BCUT2D eigenvalue weighted by atomic mass is 10.2. The van der Waals surface area contributed by atoms with Crippen molar-refractivity contribution in [3.63, 3.8) is 0 Å². The van der Waals surface area contributed by atoms with E-state index in [0.29, 0.717) is 27.4 Å². The fourth-order valence-corrected chi connectivity index (χ4v) is 2.29. The minimum Gasteiger partial charge on any atom is -0.271 e. The molecular weight excluding hydrogens is 327 g/mol. The minimum atomic E-state index is -0.362. The molecule has 0 unspecified atom stereocenters. The van der Waals surface area contributed by atoms with Crippen LogP contribution in [0.15, 0.2) is 23.3 Å². The highest BCUT2D eigenvalue weighted by Gasteiger charge is 2.28. The Kier molecular flexibility index (Phi) is 4.35. The van der Waals surface area contributed by atoms with Crippen LogP contribution in [0, 0.1) is 0 Å². The zero-order valence-corrected chi connectivity index (χ0v) is 12.9. The summed E-state index contributed by atoms with van der Waals surface area (Å²) in [5.41, 5.74) is 2.92. The van der Waals surface area contributed by atoms with Crippen molar-refractivity contribution in [2.24, 2.45) is 5.10 Å². The molecule has 1 aliphatic rings. The molecule has 114 valence electrons. The van der Waals surface area contributed by atoms with Gasteiger partial charge in [0.2, 0.25) is 0 Å². The molecule has 1 heterocycles. The number of halogens is 2. The molecule has 1 saturated carbocycles. The Hall–Kier alpha value is -1.99. The summed E-state index contributed by atoms with van der Waals surface area (Å²) in [6.45, 7) is -0.0483. The van der Waals surface area contributed by atoms with E-state index in [1.807, 2.05) is 0 Å². The Labute approximate surface area is 136 Å². The van der Waals surface area contributed by atoms with E-state index in [9.17, 15) is 4.79 Å². The maximum absolute atomic E-state index is 11.7. The molecule has 3 rings (SSSR count). The Balaban J connectivity index is 1.56. The van der Waals surface area contributed by atoms with E-state index in [-0.39, 0.29) is 12.5 Å². The highest BCUT2D eigenvalue weighted by molar-refractivity contribution is 6.38. The largest absolute Gasteiger partial charge is 0.271 e. The van der Waals surface area contributed by atoms with Crippen molar-refractivity contribution in [3.05, 3.63) is 39.6 Å². The van der Waals surface area contributed by atoms with Gasteiger partial charge < -0.3 is 0 Å². The average Bonchev–Trinajstić information content (AvgIpc) is 3.23. The molecule has 0 aliphatic heterocycles. The Morgan fingerprint density at radius 1 is 1.41 bits per heavy atom. The molecule has 0 atom stereocenters. The highest BCUT2D eigenvalue weighted by atomic mass is 35.5. The maximum Gasteiger partial charge on any atom is 0.263 e. The van der Waals surface area contributed by atoms with Crippen LogP contribution in [-0.4, -0.2) is 32.3 Å². The molecular formula is C13H12Cl2N6O. The van der Waals surface area contributed by atoms with Crippen LogP contribution in [0.1, 0.15) is 30.1 Å². The van der Waals surface area contributed by atoms with Crippen molar-refractivity contribution in [1.82, 2.24) is 25.6 Å². The average molecular weight is 339 g/mol. The molecule has 0 bridgehead atoms. The first-order valence-electron chi connectivity index (χ1n) is 6.67. The second-order valence-electron chi connectivity index (χ2n) is 4.88. The van der Waals surface area contributed by atoms with Crippen molar-refractivity contribution in [3.8, 4) is 0 Å². The van der Waals surface area contributed by atoms with Crippen LogP contribution in [0.2, 0.25) is 10.0 Å². The standard InChI is InChI=1S/C13H12Cl2N6O/c14-10-2-1-3-11(15)9(10)6-16-17-12(22)7-21-19-13(18-20-21)8-4-5-8/h1-3,6,8H,4-5,7H2,(H,17,22)/b16-6+. The number of hydrogen-bond donors (Lipinski definition) is 1. The summed E-state index contributed by atoms with van der Waals surface area (Å²) in [6.07, 6.45) is 3.56. The zero-order chi connectivity index (χ0) is 15.5. The number of amides is 1. The molecule has 1 N–H and O–H groups in total. The summed E-state index contributed by atoms with van der Waals surface area (Å²) in [6, 6.07) is 5.11. The summed E-state index contributed by atoms with van der Waals surface area (Å²) >= 11 is 12.0. The van der Waals surface area contributed by atoms with Gasteiger partial charge in [0, 0.05) is 11.5 Å². The van der Waals surface area contributed by atoms with Crippen molar-refractivity contribution >= 4 is 35.3 Å². The molecule has 0 radical (unpaired) electrons. The van der Waals surface area contributed by atoms with E-state index >= 15 is 0 Å². The first-order chi connectivity index (χ1) is 10.6. The number of benzene rings is 1. The van der Waals surface area contributed by atoms with E-state index in [1.54, 1.807) is 18.2 Å². The van der Waals surface area contributed by atoms with Crippen LogP contribution in [0.5, 0.6) is 0 Å². The summed E-state index contributed by atoms with van der Waals surface area (Å²) in [5.74, 6) is 0.732. The Morgan fingerprint density at radius 3 is 2.82 bits per heavy atom. The third kappa shape index (κ3) is 3.61. The van der Waals surface area contributed by atoms with Gasteiger partial charge in [-0.2, -0.15) is 9.90 Å². The van der Waals surface area contributed by atoms with Gasteiger partial charge in [-0.3, -0.25) is 4.79 Å². The van der Waals surface area contributed by atoms with Gasteiger partial charge in [0.1, 0.15) is 6.54 Å². The van der Waals surface area contributed by atoms with Gasteiger partial charge in [0.25, 0.3) is 5.91 Å². The molecule has 1 aromatic carbocycles. The number of rotatable bonds is 5. The number of carbonyl (C=O) groups excluding carboxylic acids is 1. The van der Waals surface area contributed by atoms with Crippen LogP contribution in [0.25, 0.3) is 0 Å². The lowest BCUT2D eigenvalue weighted by Gasteiger charge is -2.01. The first kappa shape index (κ1) is 14.9. The van der Waals surface area contributed by atoms with Crippen molar-refractivity contribution < 1.29 is 4.79 Å². The minimum absolute atomic E-state index is 0.0483. The topological polar surface area (TPSA) is 85.1 Å². The third-order valence-electron chi connectivity index (χ3n) is 3.08. The number of hydrogen-bond acceptors (Lipinski definition) is 5. The van der Waals surface area contributed by atoms with E-state index < -0.39 is 0 Å². The fraction of sp³-hybridized carbons (Fsp3) is 0.308. The number of tetrazole rings is 1. The summed E-state index contributed by atoms with van der Waals surface area (Å²) in [4.78, 5) is 13.0. The van der Waals surface area contributed by atoms with Gasteiger partial charge in [-0.15, -0.1) is 10.2 Å². The molecule has 1 aliphatic carbocycles. The normalized spacial score (nSPS) is 14.5. The molecule has 1 aromatic heterocycles. The van der Waals surface area contributed by atoms with E-state index in [1.165, 1.54) is 11.0 Å². The Bertz CT molecular complexity index is 705. The lowest BCUT2D eigenvalue weighted by molar-refractivity contribution is -0.122. The van der Waals surface area contributed by atoms with Crippen molar-refractivity contribution in [2.75, 3.05) is 0 Å². The quantitative estimate of drug-likeness (QED) is 0.667. The van der Waals surface area contributed by atoms with Crippen LogP contribution < -0.4 is 5.43 Å². The predicted molar refractivity (Wildman–Crippen MR) is 82.0 cm³/mol. The SMILES string of the molecule is O=C(Cn1nnc(C2CC2)n1)N/N=C/c1c(Cl)cccc1Cl. The van der Waals surface area contributed by atoms with Crippen molar-refractivity contribution in [2.45, 2.75) is 25.3 Å². The lowest BCUT2D eigenvalue weighted by Crippen LogP contribution is -2.24.